The van der Waals surface area contributed by atoms with Gasteiger partial charge in [-0.15, -0.1) is 0 Å². The number of rotatable bonds is 1. The van der Waals surface area contributed by atoms with Gasteiger partial charge in [0.1, 0.15) is 11.0 Å². The maximum absolute atomic E-state index is 11.5. The Morgan fingerprint density at radius 3 is 2.62 bits per heavy atom. The summed E-state index contributed by atoms with van der Waals surface area (Å²) < 4.78 is 22.9. The van der Waals surface area contributed by atoms with Crippen molar-refractivity contribution in [1.82, 2.24) is 4.98 Å². The Balaban J connectivity index is 2.90. The van der Waals surface area contributed by atoms with Crippen LogP contribution in [-0.4, -0.2) is 19.7 Å². The lowest BCUT2D eigenvalue weighted by atomic mass is 10.2. The van der Waals surface area contributed by atoms with Crippen LogP contribution < -0.4 is 0 Å². The highest BCUT2D eigenvalue weighted by atomic mass is 32.2. The molecule has 0 amide bonds. The number of fused-ring (bicyclic) bond motifs is 1. The lowest BCUT2D eigenvalue weighted by Gasteiger charge is -2.03. The topological polar surface area (TPSA) is 70.8 Å². The number of hydrogen-bond acceptors (Lipinski definition) is 4. The summed E-state index contributed by atoms with van der Waals surface area (Å²) in [6.45, 7) is 0. The summed E-state index contributed by atoms with van der Waals surface area (Å²) in [5, 5.41) is 9.57. The average Bonchev–Trinajstić information content (AvgIpc) is 2.26. The summed E-state index contributed by atoms with van der Waals surface area (Å²) in [4.78, 5) is 4.00. The Morgan fingerprint density at radius 2 is 2.00 bits per heavy atom. The molecule has 1 heterocycles. The standard InChI is InChI=1S/C11H8N2O2S/c1-16(14,15)11-6-8-4-2-3-5-9(8)13-10(11)7-12/h2-6H,1H3. The highest BCUT2D eigenvalue weighted by molar-refractivity contribution is 7.90. The molecule has 0 saturated carbocycles. The molecule has 0 unspecified atom stereocenters. The predicted molar refractivity (Wildman–Crippen MR) is 59.6 cm³/mol. The molecular weight excluding hydrogens is 224 g/mol. The van der Waals surface area contributed by atoms with Gasteiger partial charge in [-0.2, -0.15) is 5.26 Å². The maximum Gasteiger partial charge on any atom is 0.178 e. The molecule has 0 saturated heterocycles. The minimum absolute atomic E-state index is 0.0197. The third-order valence-corrected chi connectivity index (χ3v) is 3.30. The van der Waals surface area contributed by atoms with Gasteiger partial charge in [0, 0.05) is 11.6 Å². The second-order valence-corrected chi connectivity index (χ2v) is 5.40. The van der Waals surface area contributed by atoms with Crippen molar-refractivity contribution < 1.29 is 8.42 Å². The van der Waals surface area contributed by atoms with Crippen LogP contribution in [0.15, 0.2) is 35.2 Å². The van der Waals surface area contributed by atoms with Crippen LogP contribution in [-0.2, 0) is 9.84 Å². The highest BCUT2D eigenvalue weighted by Crippen LogP contribution is 2.19. The van der Waals surface area contributed by atoms with Gasteiger partial charge in [0.25, 0.3) is 0 Å². The van der Waals surface area contributed by atoms with Crippen molar-refractivity contribution in [2.75, 3.05) is 6.26 Å². The molecule has 0 atom stereocenters. The van der Waals surface area contributed by atoms with Crippen LogP contribution in [0.4, 0.5) is 0 Å². The van der Waals surface area contributed by atoms with Gasteiger partial charge >= 0.3 is 0 Å². The quantitative estimate of drug-likeness (QED) is 0.747. The van der Waals surface area contributed by atoms with Crippen molar-refractivity contribution in [1.29, 1.82) is 5.26 Å². The molecule has 0 spiro atoms. The molecule has 0 fully saturated rings. The van der Waals surface area contributed by atoms with E-state index in [1.54, 1.807) is 30.3 Å². The zero-order chi connectivity index (χ0) is 11.8. The summed E-state index contributed by atoms with van der Waals surface area (Å²) in [5.41, 5.74) is 0.563. The van der Waals surface area contributed by atoms with Gasteiger partial charge in [0.2, 0.25) is 0 Å². The first kappa shape index (κ1) is 10.6. The smallest absolute Gasteiger partial charge is 0.178 e. The summed E-state index contributed by atoms with van der Waals surface area (Å²) >= 11 is 0. The average molecular weight is 232 g/mol. The van der Waals surface area contributed by atoms with Crippen LogP contribution in [0.3, 0.4) is 0 Å². The number of nitriles is 1. The zero-order valence-corrected chi connectivity index (χ0v) is 9.32. The minimum Gasteiger partial charge on any atom is -0.236 e. The predicted octanol–water partition coefficient (Wildman–Crippen LogP) is 1.51. The van der Waals surface area contributed by atoms with Crippen LogP contribution in [0, 0.1) is 11.3 Å². The second kappa shape index (κ2) is 3.58. The van der Waals surface area contributed by atoms with E-state index in [0.717, 1.165) is 6.26 Å². The van der Waals surface area contributed by atoms with E-state index >= 15 is 0 Å². The molecule has 0 bridgehead atoms. The number of aromatic nitrogens is 1. The molecule has 1 aromatic heterocycles. The van der Waals surface area contributed by atoms with E-state index in [1.807, 2.05) is 0 Å². The van der Waals surface area contributed by atoms with E-state index in [9.17, 15) is 8.42 Å². The van der Waals surface area contributed by atoms with Gasteiger partial charge in [-0.25, -0.2) is 13.4 Å². The molecule has 0 aliphatic rings. The van der Waals surface area contributed by atoms with Gasteiger partial charge in [-0.05, 0) is 12.1 Å². The largest absolute Gasteiger partial charge is 0.236 e. The maximum atomic E-state index is 11.5. The molecule has 0 aliphatic heterocycles. The van der Waals surface area contributed by atoms with Crippen LogP contribution in [0.25, 0.3) is 10.9 Å². The van der Waals surface area contributed by atoms with E-state index in [1.165, 1.54) is 6.07 Å². The third kappa shape index (κ3) is 1.75. The van der Waals surface area contributed by atoms with Gasteiger partial charge in [-0.1, -0.05) is 18.2 Å². The van der Waals surface area contributed by atoms with Crippen molar-refractivity contribution in [3.8, 4) is 6.07 Å². The molecule has 0 aliphatic carbocycles. The number of nitrogens with zero attached hydrogens (tertiary/aromatic N) is 2. The first-order chi connectivity index (χ1) is 7.52. The molecular formula is C11H8N2O2S. The van der Waals surface area contributed by atoms with E-state index in [2.05, 4.69) is 4.98 Å². The van der Waals surface area contributed by atoms with Crippen molar-refractivity contribution in [2.45, 2.75) is 4.90 Å². The monoisotopic (exact) mass is 232 g/mol. The molecule has 2 rings (SSSR count). The Bertz CT molecular complexity index is 699. The summed E-state index contributed by atoms with van der Waals surface area (Å²) in [6, 6.07) is 10.4. The van der Waals surface area contributed by atoms with E-state index in [-0.39, 0.29) is 10.6 Å². The second-order valence-electron chi connectivity index (χ2n) is 3.41. The van der Waals surface area contributed by atoms with Crippen molar-refractivity contribution >= 4 is 20.7 Å². The Morgan fingerprint density at radius 1 is 1.31 bits per heavy atom. The summed E-state index contributed by atoms with van der Waals surface area (Å²) in [5.74, 6) is 0. The van der Waals surface area contributed by atoms with Gasteiger partial charge in [0.05, 0.1) is 5.52 Å². The minimum atomic E-state index is -3.42. The summed E-state index contributed by atoms with van der Waals surface area (Å²) in [7, 11) is -3.42. The lowest BCUT2D eigenvalue weighted by molar-refractivity contribution is 0.601. The molecule has 80 valence electrons. The molecule has 1 aromatic carbocycles. The van der Waals surface area contributed by atoms with Crippen LogP contribution >= 0.6 is 0 Å². The highest BCUT2D eigenvalue weighted by Gasteiger charge is 2.15. The molecule has 0 N–H and O–H groups in total. The van der Waals surface area contributed by atoms with E-state index in [4.69, 9.17) is 5.26 Å². The first-order valence-electron chi connectivity index (χ1n) is 4.52. The normalized spacial score (nSPS) is 11.2. The Hall–Kier alpha value is -1.93. The van der Waals surface area contributed by atoms with Gasteiger partial charge in [0.15, 0.2) is 15.5 Å². The van der Waals surface area contributed by atoms with Crippen molar-refractivity contribution in [3.05, 3.63) is 36.0 Å². The molecule has 0 radical (unpaired) electrons. The van der Waals surface area contributed by atoms with Crippen molar-refractivity contribution in [3.63, 3.8) is 0 Å². The Labute approximate surface area is 93.1 Å². The Kier molecular flexibility index (Phi) is 2.37. The van der Waals surface area contributed by atoms with Crippen LogP contribution in [0.5, 0.6) is 0 Å². The summed E-state index contributed by atoms with van der Waals surface area (Å²) in [6.07, 6.45) is 1.07. The van der Waals surface area contributed by atoms with Crippen molar-refractivity contribution in [2.24, 2.45) is 0 Å². The molecule has 2 aromatic rings. The van der Waals surface area contributed by atoms with Crippen LogP contribution in [0.1, 0.15) is 5.69 Å². The fourth-order valence-electron chi connectivity index (χ4n) is 1.46. The number of benzene rings is 1. The first-order valence-corrected chi connectivity index (χ1v) is 6.41. The molecule has 5 heteroatoms. The van der Waals surface area contributed by atoms with Crippen LogP contribution in [0.2, 0.25) is 0 Å². The number of sulfone groups is 1. The van der Waals surface area contributed by atoms with Gasteiger partial charge in [-0.3, -0.25) is 0 Å². The number of hydrogen-bond donors (Lipinski definition) is 0. The van der Waals surface area contributed by atoms with E-state index < -0.39 is 9.84 Å². The lowest BCUT2D eigenvalue weighted by Crippen LogP contribution is -2.02. The molecule has 16 heavy (non-hydrogen) atoms. The number of para-hydroxylation sites is 1. The third-order valence-electron chi connectivity index (χ3n) is 2.19. The number of pyridine rings is 1. The van der Waals surface area contributed by atoms with Gasteiger partial charge < -0.3 is 0 Å². The fourth-order valence-corrected chi connectivity index (χ4v) is 2.24. The fraction of sp³-hybridized carbons (Fsp3) is 0.0909. The SMILES string of the molecule is CS(=O)(=O)c1cc2ccccc2nc1C#N. The van der Waals surface area contributed by atoms with E-state index in [0.29, 0.717) is 10.9 Å². The molecule has 4 nitrogen and oxygen atoms in total. The zero-order valence-electron chi connectivity index (χ0n) is 8.51.